The van der Waals surface area contributed by atoms with E-state index in [0.717, 1.165) is 51.9 Å². The summed E-state index contributed by atoms with van der Waals surface area (Å²) < 4.78 is 16.1. The van der Waals surface area contributed by atoms with Crippen molar-refractivity contribution in [3.63, 3.8) is 0 Å². The van der Waals surface area contributed by atoms with E-state index in [9.17, 15) is 9.59 Å². The summed E-state index contributed by atoms with van der Waals surface area (Å²) in [6.45, 7) is -0.398. The summed E-state index contributed by atoms with van der Waals surface area (Å²) in [5.41, 5.74) is 4.37. The van der Waals surface area contributed by atoms with E-state index in [1.165, 1.54) is 7.11 Å². The second-order valence-corrected chi connectivity index (χ2v) is 9.41. The van der Waals surface area contributed by atoms with Gasteiger partial charge in [-0.05, 0) is 66.1 Å². The third kappa shape index (κ3) is 4.62. The molecule has 36 heavy (non-hydrogen) atoms. The van der Waals surface area contributed by atoms with Crippen LogP contribution in [0, 0.1) is 0 Å². The van der Waals surface area contributed by atoms with Gasteiger partial charge in [-0.2, -0.15) is 0 Å². The second-order valence-electron chi connectivity index (χ2n) is 8.44. The minimum atomic E-state index is -0.525. The van der Waals surface area contributed by atoms with Gasteiger partial charge in [0.15, 0.2) is 6.61 Å². The maximum atomic E-state index is 13.5. The van der Waals surface area contributed by atoms with Crippen LogP contribution in [0.3, 0.4) is 0 Å². The Kier molecular flexibility index (Phi) is 6.82. The first kappa shape index (κ1) is 23.8. The number of Topliss-reactive ketones (excluding diaryl/α,β-unsaturated/α-hetero) is 1. The monoisotopic (exact) mass is 499 g/mol. The molecular weight excluding hydrogens is 474 g/mol. The van der Waals surface area contributed by atoms with Gasteiger partial charge in [-0.15, -0.1) is 11.3 Å². The largest absolute Gasteiger partial charge is 0.497 e. The number of pyridine rings is 1. The van der Waals surface area contributed by atoms with Crippen LogP contribution >= 0.6 is 11.3 Å². The highest BCUT2D eigenvalue weighted by Gasteiger charge is 2.27. The van der Waals surface area contributed by atoms with E-state index >= 15 is 0 Å². The van der Waals surface area contributed by atoms with Gasteiger partial charge in [0.25, 0.3) is 0 Å². The molecule has 2 aromatic heterocycles. The number of para-hydroxylation sites is 1. The molecule has 1 aliphatic rings. The first-order valence-electron chi connectivity index (χ1n) is 11.7. The standard InChI is InChI=1S/C29H25NO5S/c1-33-19-12-13-22(26(16-19)34-2)25(31)17-35-29(32)27-21-9-3-4-11-24(21)30-28-18(7-5-10-23(27)28)15-20-8-6-14-36-20/h3-4,6,8-9,11-16H,5,7,10,17H2,1-2H3. The molecule has 6 nitrogen and oxygen atoms in total. The number of ether oxygens (including phenoxy) is 3. The molecule has 2 heterocycles. The number of hydrogen-bond acceptors (Lipinski definition) is 7. The van der Waals surface area contributed by atoms with Crippen LogP contribution in [0.4, 0.5) is 0 Å². The van der Waals surface area contributed by atoms with Crippen molar-refractivity contribution in [1.29, 1.82) is 0 Å². The Labute approximate surface area is 213 Å². The molecule has 0 saturated carbocycles. The van der Waals surface area contributed by atoms with Crippen LogP contribution in [0.15, 0.2) is 60.0 Å². The van der Waals surface area contributed by atoms with Crippen molar-refractivity contribution in [3.8, 4) is 11.5 Å². The molecule has 0 radical (unpaired) electrons. The Balaban J connectivity index is 1.49. The molecule has 7 heteroatoms. The minimum Gasteiger partial charge on any atom is -0.497 e. The molecule has 0 N–H and O–H groups in total. The fourth-order valence-corrected chi connectivity index (χ4v) is 5.24. The minimum absolute atomic E-state index is 0.328. The zero-order valence-electron chi connectivity index (χ0n) is 20.1. The van der Waals surface area contributed by atoms with Gasteiger partial charge in [0.2, 0.25) is 5.78 Å². The number of allylic oxidation sites excluding steroid dienone is 1. The van der Waals surface area contributed by atoms with Gasteiger partial charge in [-0.25, -0.2) is 9.78 Å². The smallest absolute Gasteiger partial charge is 0.339 e. The topological polar surface area (TPSA) is 74.7 Å². The summed E-state index contributed by atoms with van der Waals surface area (Å²) in [7, 11) is 3.02. The van der Waals surface area contributed by atoms with Crippen molar-refractivity contribution >= 4 is 45.6 Å². The highest BCUT2D eigenvalue weighted by molar-refractivity contribution is 7.10. The third-order valence-electron chi connectivity index (χ3n) is 6.28. The van der Waals surface area contributed by atoms with E-state index in [0.29, 0.717) is 22.6 Å². The summed E-state index contributed by atoms with van der Waals surface area (Å²) >= 11 is 1.67. The van der Waals surface area contributed by atoms with Crippen molar-refractivity contribution in [1.82, 2.24) is 4.98 Å². The lowest BCUT2D eigenvalue weighted by molar-refractivity contribution is 0.0474. The van der Waals surface area contributed by atoms with Gasteiger partial charge >= 0.3 is 5.97 Å². The fourth-order valence-electron chi connectivity index (χ4n) is 4.56. The van der Waals surface area contributed by atoms with Gasteiger partial charge < -0.3 is 14.2 Å². The quantitative estimate of drug-likeness (QED) is 0.222. The van der Waals surface area contributed by atoms with Gasteiger partial charge in [0.05, 0.1) is 36.6 Å². The lowest BCUT2D eigenvalue weighted by atomic mass is 9.86. The molecule has 1 aliphatic carbocycles. The molecule has 0 amide bonds. The maximum Gasteiger partial charge on any atom is 0.339 e. The van der Waals surface area contributed by atoms with Gasteiger partial charge in [-0.1, -0.05) is 24.3 Å². The van der Waals surface area contributed by atoms with Crippen LogP contribution in [0.25, 0.3) is 22.6 Å². The molecule has 2 aromatic carbocycles. The number of hydrogen-bond donors (Lipinski definition) is 0. The van der Waals surface area contributed by atoms with Crippen LogP contribution in [-0.2, 0) is 11.2 Å². The summed E-state index contributed by atoms with van der Waals surface area (Å²) in [5.74, 6) is 0.0589. The molecule has 0 unspecified atom stereocenters. The summed E-state index contributed by atoms with van der Waals surface area (Å²) in [5, 5.41) is 2.77. The average Bonchev–Trinajstić information content (AvgIpc) is 3.43. The van der Waals surface area contributed by atoms with Crippen molar-refractivity contribution in [2.75, 3.05) is 20.8 Å². The molecule has 4 aromatic rings. The van der Waals surface area contributed by atoms with E-state index in [-0.39, 0.29) is 5.78 Å². The summed E-state index contributed by atoms with van der Waals surface area (Å²) in [4.78, 5) is 32.5. The molecule has 5 rings (SSSR count). The fraction of sp³-hybridized carbons (Fsp3) is 0.207. The predicted octanol–water partition coefficient (Wildman–Crippen LogP) is 6.23. The van der Waals surface area contributed by atoms with Crippen LogP contribution < -0.4 is 9.47 Å². The number of carbonyl (C=O) groups is 2. The molecule has 0 atom stereocenters. The zero-order chi connectivity index (χ0) is 25.1. The van der Waals surface area contributed by atoms with Crippen molar-refractivity contribution in [2.24, 2.45) is 0 Å². The number of benzene rings is 2. The Morgan fingerprint density at radius 2 is 1.89 bits per heavy atom. The maximum absolute atomic E-state index is 13.5. The lowest BCUT2D eigenvalue weighted by Crippen LogP contribution is -2.19. The van der Waals surface area contributed by atoms with Crippen LogP contribution in [0.5, 0.6) is 11.5 Å². The molecule has 0 spiro atoms. The molecule has 0 saturated heterocycles. The van der Waals surface area contributed by atoms with Crippen LogP contribution in [0.2, 0.25) is 0 Å². The Hall–Kier alpha value is -3.97. The molecule has 0 aliphatic heterocycles. The average molecular weight is 500 g/mol. The van der Waals surface area contributed by atoms with Gasteiger partial charge in [-0.3, -0.25) is 4.79 Å². The number of esters is 1. The summed E-state index contributed by atoms with van der Waals surface area (Å²) in [6.07, 6.45) is 4.67. The van der Waals surface area contributed by atoms with Gasteiger partial charge in [0.1, 0.15) is 11.5 Å². The number of aromatic nitrogens is 1. The highest BCUT2D eigenvalue weighted by atomic mass is 32.1. The molecule has 0 bridgehead atoms. The third-order valence-corrected chi connectivity index (χ3v) is 7.10. The highest BCUT2D eigenvalue weighted by Crippen LogP contribution is 2.37. The van der Waals surface area contributed by atoms with E-state index < -0.39 is 12.6 Å². The van der Waals surface area contributed by atoms with Crippen molar-refractivity contribution in [3.05, 3.63) is 87.2 Å². The van der Waals surface area contributed by atoms with E-state index in [1.54, 1.807) is 36.6 Å². The summed E-state index contributed by atoms with van der Waals surface area (Å²) in [6, 6.07) is 16.6. The SMILES string of the molecule is COc1ccc(C(=O)COC(=O)c2c3c(nc4ccccc24)C(=Cc2cccs2)CCC3)c(OC)c1. The normalized spacial score (nSPS) is 13.9. The van der Waals surface area contributed by atoms with Gasteiger partial charge in [0, 0.05) is 16.3 Å². The predicted molar refractivity (Wildman–Crippen MR) is 141 cm³/mol. The Morgan fingerprint density at radius 1 is 1.03 bits per heavy atom. The first-order chi connectivity index (χ1) is 17.6. The number of ketones is 1. The Morgan fingerprint density at radius 3 is 2.67 bits per heavy atom. The van der Waals surface area contributed by atoms with Crippen LogP contribution in [0.1, 0.15) is 49.7 Å². The number of fused-ring (bicyclic) bond motifs is 2. The second kappa shape index (κ2) is 10.3. The molecular formula is C29H25NO5S. The number of carbonyl (C=O) groups excluding carboxylic acids is 2. The first-order valence-corrected chi connectivity index (χ1v) is 12.6. The zero-order valence-corrected chi connectivity index (χ0v) is 20.9. The molecule has 182 valence electrons. The van der Waals surface area contributed by atoms with Crippen LogP contribution in [-0.4, -0.2) is 37.6 Å². The van der Waals surface area contributed by atoms with Crippen molar-refractivity contribution in [2.45, 2.75) is 19.3 Å². The van der Waals surface area contributed by atoms with Crippen molar-refractivity contribution < 1.29 is 23.8 Å². The van der Waals surface area contributed by atoms with E-state index in [1.807, 2.05) is 35.7 Å². The lowest BCUT2D eigenvalue weighted by Gasteiger charge is -2.22. The van der Waals surface area contributed by atoms with E-state index in [4.69, 9.17) is 19.2 Å². The molecule has 0 fully saturated rings. The number of nitrogens with zero attached hydrogens (tertiary/aromatic N) is 1. The number of methoxy groups -OCH3 is 2. The Bertz CT molecular complexity index is 1470. The number of rotatable bonds is 7. The number of thiophene rings is 1. The van der Waals surface area contributed by atoms with E-state index in [2.05, 4.69) is 12.1 Å².